The zero-order valence-corrected chi connectivity index (χ0v) is 15.4. The Balaban J connectivity index is 1.80. The van der Waals surface area contributed by atoms with Crippen LogP contribution in [0, 0.1) is 0 Å². The minimum Gasteiger partial charge on any atom is -0.394 e. The number of hydrogen-bond donors (Lipinski definition) is 1. The maximum atomic E-state index is 12.5. The van der Waals surface area contributed by atoms with Gasteiger partial charge in [0, 0.05) is 16.9 Å². The molecule has 0 unspecified atom stereocenters. The average molecular weight is 396 g/mol. The number of benzene rings is 1. The highest BCUT2D eigenvalue weighted by atomic mass is 79.9. The van der Waals surface area contributed by atoms with Crippen LogP contribution in [0.2, 0.25) is 0 Å². The van der Waals surface area contributed by atoms with Crippen LogP contribution >= 0.6 is 15.9 Å². The van der Waals surface area contributed by atoms with Crippen molar-refractivity contribution in [3.05, 3.63) is 34.3 Å². The van der Waals surface area contributed by atoms with Crippen LogP contribution in [0.4, 0.5) is 0 Å². The Labute approximate surface area is 150 Å². The molecule has 2 aliphatic rings. The predicted molar refractivity (Wildman–Crippen MR) is 93.5 cm³/mol. The fourth-order valence-corrected chi connectivity index (χ4v) is 4.01. The topological polar surface area (TPSA) is 64.1 Å². The number of piperazine rings is 1. The van der Waals surface area contributed by atoms with E-state index in [9.17, 15) is 14.7 Å². The van der Waals surface area contributed by atoms with Gasteiger partial charge in [-0.3, -0.25) is 9.59 Å². The van der Waals surface area contributed by atoms with Gasteiger partial charge in [-0.05, 0) is 31.8 Å². The average Bonchev–Trinajstić information content (AvgIpc) is 2.50. The lowest BCUT2D eigenvalue weighted by atomic mass is 9.74. The maximum absolute atomic E-state index is 12.5. The number of carbonyl (C=O) groups is 2. The number of likely N-dealkylation sites (N-methyl/N-ethyl adjacent to an activating group) is 1. The SMILES string of the molecule is CN(C)CC(=O)N1CC(=O)N2[C@H](CO)[C@@H](c3ccc(Br)cc3)[C@H]2C1. The van der Waals surface area contributed by atoms with E-state index >= 15 is 0 Å². The Morgan fingerprint density at radius 2 is 2.00 bits per heavy atom. The zero-order chi connectivity index (χ0) is 17.4. The smallest absolute Gasteiger partial charge is 0.242 e. The van der Waals surface area contributed by atoms with Crippen LogP contribution in [-0.4, -0.2) is 84.0 Å². The molecule has 0 saturated carbocycles. The molecule has 0 aromatic heterocycles. The number of aliphatic hydroxyl groups excluding tert-OH is 1. The maximum Gasteiger partial charge on any atom is 0.242 e. The van der Waals surface area contributed by atoms with Crippen LogP contribution < -0.4 is 0 Å². The Morgan fingerprint density at radius 3 is 2.58 bits per heavy atom. The largest absolute Gasteiger partial charge is 0.394 e. The summed E-state index contributed by atoms with van der Waals surface area (Å²) in [6.07, 6.45) is 0. The minimum absolute atomic E-state index is 0.0324. The highest BCUT2D eigenvalue weighted by Gasteiger charge is 2.54. The quantitative estimate of drug-likeness (QED) is 0.806. The van der Waals surface area contributed by atoms with Gasteiger partial charge in [-0.15, -0.1) is 0 Å². The van der Waals surface area contributed by atoms with Crippen molar-refractivity contribution in [3.8, 4) is 0 Å². The standard InChI is InChI=1S/C17H22BrN3O3/c1-19(2)8-15(23)20-7-13-17(11-3-5-12(18)6-4-11)14(10-22)21(13)16(24)9-20/h3-6,13-14,17,22H,7-10H2,1-2H3/t13-,14-,17+/m1/s1. The number of fused-ring (bicyclic) bond motifs is 1. The third-order valence-corrected chi connectivity index (χ3v) is 5.34. The second-order valence-corrected chi connectivity index (χ2v) is 7.62. The van der Waals surface area contributed by atoms with E-state index in [2.05, 4.69) is 15.9 Å². The van der Waals surface area contributed by atoms with Gasteiger partial charge < -0.3 is 19.8 Å². The van der Waals surface area contributed by atoms with Crippen LogP contribution in [0.15, 0.2) is 28.7 Å². The molecule has 1 N–H and O–H groups in total. The molecule has 7 heteroatoms. The second-order valence-electron chi connectivity index (χ2n) is 6.71. The molecule has 3 atom stereocenters. The molecule has 24 heavy (non-hydrogen) atoms. The van der Waals surface area contributed by atoms with Gasteiger partial charge in [0.1, 0.15) is 0 Å². The number of amides is 2. The fraction of sp³-hybridized carbons (Fsp3) is 0.529. The van der Waals surface area contributed by atoms with Gasteiger partial charge in [0.25, 0.3) is 0 Å². The van der Waals surface area contributed by atoms with Crippen molar-refractivity contribution in [1.82, 2.24) is 14.7 Å². The number of carbonyl (C=O) groups excluding carboxylic acids is 2. The summed E-state index contributed by atoms with van der Waals surface area (Å²) in [6, 6.07) is 7.70. The number of aliphatic hydroxyl groups is 1. The summed E-state index contributed by atoms with van der Waals surface area (Å²) in [6.45, 7) is 0.864. The lowest BCUT2D eigenvalue weighted by Crippen LogP contribution is -2.73. The van der Waals surface area contributed by atoms with Crippen molar-refractivity contribution < 1.29 is 14.7 Å². The molecular formula is C17H22BrN3O3. The van der Waals surface area contributed by atoms with Gasteiger partial charge in [0.15, 0.2) is 0 Å². The molecule has 0 aliphatic carbocycles. The summed E-state index contributed by atoms with van der Waals surface area (Å²) in [5.74, 6) is -0.0530. The third kappa shape index (κ3) is 3.08. The molecule has 2 amide bonds. The van der Waals surface area contributed by atoms with Gasteiger partial charge in [-0.25, -0.2) is 0 Å². The molecule has 1 aromatic carbocycles. The first-order valence-electron chi connectivity index (χ1n) is 8.02. The van der Waals surface area contributed by atoms with Crippen LogP contribution in [0.5, 0.6) is 0 Å². The predicted octanol–water partition coefficient (Wildman–Crippen LogP) is 0.508. The summed E-state index contributed by atoms with van der Waals surface area (Å²) in [5, 5.41) is 9.73. The molecule has 2 aliphatic heterocycles. The van der Waals surface area contributed by atoms with Gasteiger partial charge in [-0.2, -0.15) is 0 Å². The third-order valence-electron chi connectivity index (χ3n) is 4.81. The van der Waals surface area contributed by atoms with E-state index in [1.54, 1.807) is 9.80 Å². The molecule has 3 rings (SSSR count). The van der Waals surface area contributed by atoms with Crippen LogP contribution in [0.3, 0.4) is 0 Å². The Morgan fingerprint density at radius 1 is 1.33 bits per heavy atom. The van der Waals surface area contributed by atoms with Crippen LogP contribution in [0.1, 0.15) is 11.5 Å². The van der Waals surface area contributed by atoms with Crippen molar-refractivity contribution in [3.63, 3.8) is 0 Å². The summed E-state index contributed by atoms with van der Waals surface area (Å²) >= 11 is 3.43. The highest BCUT2D eigenvalue weighted by molar-refractivity contribution is 9.10. The molecule has 0 radical (unpaired) electrons. The number of halogens is 1. The zero-order valence-electron chi connectivity index (χ0n) is 13.9. The van der Waals surface area contributed by atoms with Crippen molar-refractivity contribution in [2.75, 3.05) is 40.3 Å². The summed E-state index contributed by atoms with van der Waals surface area (Å²) in [7, 11) is 3.68. The van der Waals surface area contributed by atoms with E-state index in [4.69, 9.17) is 0 Å². The van der Waals surface area contributed by atoms with Crippen molar-refractivity contribution in [2.24, 2.45) is 0 Å². The summed E-state index contributed by atoms with van der Waals surface area (Å²) < 4.78 is 0.991. The minimum atomic E-state index is -0.199. The monoisotopic (exact) mass is 395 g/mol. The first-order chi connectivity index (χ1) is 11.4. The van der Waals surface area contributed by atoms with Crippen LogP contribution in [-0.2, 0) is 9.59 Å². The Bertz CT molecular complexity index is 634. The van der Waals surface area contributed by atoms with E-state index in [1.807, 2.05) is 43.3 Å². The van der Waals surface area contributed by atoms with Crippen LogP contribution in [0.25, 0.3) is 0 Å². The number of nitrogens with zero attached hydrogens (tertiary/aromatic N) is 3. The molecule has 2 saturated heterocycles. The highest BCUT2D eigenvalue weighted by Crippen LogP contribution is 2.43. The number of rotatable bonds is 4. The first kappa shape index (κ1) is 17.4. The molecule has 130 valence electrons. The van der Waals surface area contributed by atoms with E-state index < -0.39 is 0 Å². The summed E-state index contributed by atoms with van der Waals surface area (Å²) in [4.78, 5) is 30.0. The van der Waals surface area contributed by atoms with E-state index in [1.165, 1.54) is 0 Å². The molecule has 2 fully saturated rings. The van der Waals surface area contributed by atoms with Crippen molar-refractivity contribution in [1.29, 1.82) is 0 Å². The molecule has 2 heterocycles. The number of hydrogen-bond acceptors (Lipinski definition) is 4. The van der Waals surface area contributed by atoms with Gasteiger partial charge in [0.05, 0.1) is 31.8 Å². The fourth-order valence-electron chi connectivity index (χ4n) is 3.74. The van der Waals surface area contributed by atoms with E-state index in [-0.39, 0.29) is 43.0 Å². The first-order valence-corrected chi connectivity index (χ1v) is 8.81. The van der Waals surface area contributed by atoms with Gasteiger partial charge in [0.2, 0.25) is 11.8 Å². The van der Waals surface area contributed by atoms with Gasteiger partial charge in [-0.1, -0.05) is 28.1 Å². The lowest BCUT2D eigenvalue weighted by Gasteiger charge is -2.58. The van der Waals surface area contributed by atoms with Crippen molar-refractivity contribution in [2.45, 2.75) is 18.0 Å². The Kier molecular flexibility index (Phi) is 4.94. The van der Waals surface area contributed by atoms with E-state index in [0.717, 1.165) is 10.0 Å². The van der Waals surface area contributed by atoms with Gasteiger partial charge >= 0.3 is 0 Å². The molecule has 0 bridgehead atoms. The molecule has 1 aromatic rings. The molecule has 0 spiro atoms. The van der Waals surface area contributed by atoms with Crippen molar-refractivity contribution >= 4 is 27.7 Å². The molecule has 6 nitrogen and oxygen atoms in total. The molecular weight excluding hydrogens is 374 g/mol. The normalized spacial score (nSPS) is 26.4. The van der Waals surface area contributed by atoms with E-state index in [0.29, 0.717) is 13.1 Å². The lowest BCUT2D eigenvalue weighted by molar-refractivity contribution is -0.167. The Hall–Kier alpha value is -1.44. The second kappa shape index (κ2) is 6.82. The summed E-state index contributed by atoms with van der Waals surface area (Å²) in [5.41, 5.74) is 1.09.